The first-order valence-corrected chi connectivity index (χ1v) is 9.66. The predicted molar refractivity (Wildman–Crippen MR) is 102 cm³/mol. The molecular formula is C20H21N3O7. The number of nitrogens with zero attached hydrogens (tertiary/aromatic N) is 1. The van der Waals surface area contributed by atoms with Gasteiger partial charge in [0.2, 0.25) is 17.7 Å². The van der Waals surface area contributed by atoms with Crippen LogP contribution in [-0.4, -0.2) is 51.6 Å². The summed E-state index contributed by atoms with van der Waals surface area (Å²) in [4.78, 5) is 72.7. The molecule has 30 heavy (non-hydrogen) atoms. The van der Waals surface area contributed by atoms with Crippen molar-refractivity contribution in [2.75, 3.05) is 5.32 Å². The molecule has 5 amide bonds. The number of anilines is 1. The number of rotatable bonds is 8. The fourth-order valence-electron chi connectivity index (χ4n) is 3.57. The molecule has 1 saturated heterocycles. The van der Waals surface area contributed by atoms with Crippen molar-refractivity contribution in [2.24, 2.45) is 0 Å². The molecule has 2 aliphatic heterocycles. The normalized spacial score (nSPS) is 18.3. The second kappa shape index (κ2) is 8.85. The van der Waals surface area contributed by atoms with Crippen LogP contribution in [0.15, 0.2) is 18.2 Å². The molecule has 0 aliphatic carbocycles. The van der Waals surface area contributed by atoms with E-state index in [9.17, 15) is 28.8 Å². The van der Waals surface area contributed by atoms with Crippen LogP contribution in [-0.2, 0) is 19.2 Å². The smallest absolute Gasteiger partial charge is 0.303 e. The van der Waals surface area contributed by atoms with Crippen molar-refractivity contribution in [1.29, 1.82) is 0 Å². The van der Waals surface area contributed by atoms with Gasteiger partial charge in [-0.2, -0.15) is 0 Å². The third-order valence-corrected chi connectivity index (χ3v) is 5.04. The molecule has 1 unspecified atom stereocenters. The molecule has 0 spiro atoms. The van der Waals surface area contributed by atoms with Gasteiger partial charge in [-0.3, -0.25) is 39.0 Å². The van der Waals surface area contributed by atoms with E-state index in [0.717, 1.165) is 4.90 Å². The molecule has 3 rings (SSSR count). The number of carboxylic acids is 1. The van der Waals surface area contributed by atoms with Crippen LogP contribution in [0.1, 0.15) is 65.7 Å². The lowest BCUT2D eigenvalue weighted by Crippen LogP contribution is -2.54. The fraction of sp³-hybridized carbons (Fsp3) is 0.400. The number of hydrogen-bond acceptors (Lipinski definition) is 6. The van der Waals surface area contributed by atoms with Crippen LogP contribution >= 0.6 is 0 Å². The molecule has 0 aromatic heterocycles. The fourth-order valence-corrected chi connectivity index (χ4v) is 3.57. The minimum atomic E-state index is -1.08. The Kier molecular flexibility index (Phi) is 6.24. The van der Waals surface area contributed by atoms with Gasteiger partial charge in [0.1, 0.15) is 6.04 Å². The van der Waals surface area contributed by atoms with E-state index >= 15 is 0 Å². The molecule has 3 N–H and O–H groups in total. The maximum Gasteiger partial charge on any atom is 0.303 e. The quantitative estimate of drug-likeness (QED) is 0.424. The van der Waals surface area contributed by atoms with Crippen molar-refractivity contribution in [2.45, 2.75) is 51.0 Å². The lowest BCUT2D eigenvalue weighted by molar-refractivity contribution is -0.138. The maximum atomic E-state index is 12.9. The Morgan fingerprint density at radius 2 is 1.80 bits per heavy atom. The van der Waals surface area contributed by atoms with E-state index in [2.05, 4.69) is 10.6 Å². The number of fused-ring (bicyclic) bond motifs is 1. The first kappa shape index (κ1) is 21.2. The van der Waals surface area contributed by atoms with Gasteiger partial charge in [0.25, 0.3) is 11.8 Å². The summed E-state index contributed by atoms with van der Waals surface area (Å²) in [7, 11) is 0. The predicted octanol–water partition coefficient (Wildman–Crippen LogP) is 1.06. The Balaban J connectivity index is 1.69. The average molecular weight is 415 g/mol. The van der Waals surface area contributed by atoms with E-state index < -0.39 is 35.6 Å². The van der Waals surface area contributed by atoms with E-state index in [1.807, 2.05) is 0 Å². The van der Waals surface area contributed by atoms with Crippen molar-refractivity contribution in [3.05, 3.63) is 29.3 Å². The third kappa shape index (κ3) is 4.37. The van der Waals surface area contributed by atoms with E-state index in [1.165, 1.54) is 18.2 Å². The summed E-state index contributed by atoms with van der Waals surface area (Å²) >= 11 is 0. The van der Waals surface area contributed by atoms with Gasteiger partial charge in [-0.1, -0.05) is 12.5 Å². The molecule has 2 aliphatic rings. The second-order valence-electron chi connectivity index (χ2n) is 7.18. The highest BCUT2D eigenvalue weighted by Crippen LogP contribution is 2.32. The Hall–Kier alpha value is -3.56. The third-order valence-electron chi connectivity index (χ3n) is 5.04. The highest BCUT2D eigenvalue weighted by atomic mass is 16.4. The van der Waals surface area contributed by atoms with Gasteiger partial charge in [0.05, 0.1) is 16.8 Å². The van der Waals surface area contributed by atoms with Crippen molar-refractivity contribution in [3.8, 4) is 0 Å². The number of unbranched alkanes of at least 4 members (excludes halogenated alkanes) is 2. The van der Waals surface area contributed by atoms with Gasteiger partial charge >= 0.3 is 5.97 Å². The van der Waals surface area contributed by atoms with Crippen molar-refractivity contribution in [1.82, 2.24) is 10.2 Å². The van der Waals surface area contributed by atoms with Crippen LogP contribution in [0.3, 0.4) is 0 Å². The monoisotopic (exact) mass is 415 g/mol. The molecule has 1 fully saturated rings. The number of benzene rings is 1. The zero-order valence-corrected chi connectivity index (χ0v) is 16.1. The Bertz CT molecular complexity index is 940. The van der Waals surface area contributed by atoms with Gasteiger partial charge in [-0.05, 0) is 31.4 Å². The maximum absolute atomic E-state index is 12.9. The van der Waals surface area contributed by atoms with Crippen LogP contribution in [0.25, 0.3) is 0 Å². The van der Waals surface area contributed by atoms with Gasteiger partial charge in [0.15, 0.2) is 0 Å². The SMILES string of the molecule is O=C(O)CCCCCC(=O)Nc1cccc2c1C(=O)N(C1CCC(=O)NC1=O)C2=O. The van der Waals surface area contributed by atoms with Crippen LogP contribution in [0.5, 0.6) is 0 Å². The summed E-state index contributed by atoms with van der Waals surface area (Å²) in [6.45, 7) is 0. The topological polar surface area (TPSA) is 150 Å². The Morgan fingerprint density at radius 3 is 2.50 bits per heavy atom. The number of amides is 5. The number of carbonyl (C=O) groups is 6. The zero-order valence-electron chi connectivity index (χ0n) is 16.1. The number of carboxylic acid groups (broad SMARTS) is 1. The Morgan fingerprint density at radius 1 is 1.07 bits per heavy atom. The molecule has 1 atom stereocenters. The summed E-state index contributed by atoms with van der Waals surface area (Å²) in [5.41, 5.74) is 0.284. The molecule has 10 heteroatoms. The molecule has 10 nitrogen and oxygen atoms in total. The number of piperidine rings is 1. The van der Waals surface area contributed by atoms with Gasteiger partial charge in [0, 0.05) is 19.3 Å². The van der Waals surface area contributed by atoms with E-state index in [-0.39, 0.29) is 48.4 Å². The lowest BCUT2D eigenvalue weighted by Gasteiger charge is -2.27. The highest BCUT2D eigenvalue weighted by molar-refractivity contribution is 6.26. The van der Waals surface area contributed by atoms with E-state index in [0.29, 0.717) is 19.3 Å². The average Bonchev–Trinajstić information content (AvgIpc) is 2.93. The molecule has 2 heterocycles. The Labute approximate surface area is 171 Å². The number of aliphatic carboxylic acids is 1. The lowest BCUT2D eigenvalue weighted by atomic mass is 10.0. The van der Waals surface area contributed by atoms with Gasteiger partial charge in [-0.15, -0.1) is 0 Å². The molecule has 158 valence electrons. The van der Waals surface area contributed by atoms with Crippen molar-refractivity contribution in [3.63, 3.8) is 0 Å². The summed E-state index contributed by atoms with van der Waals surface area (Å²) < 4.78 is 0. The van der Waals surface area contributed by atoms with Gasteiger partial charge < -0.3 is 10.4 Å². The molecule has 1 aromatic rings. The first-order chi connectivity index (χ1) is 14.3. The second-order valence-corrected chi connectivity index (χ2v) is 7.18. The highest BCUT2D eigenvalue weighted by Gasteiger charge is 2.45. The largest absolute Gasteiger partial charge is 0.481 e. The molecule has 0 saturated carbocycles. The molecule has 1 aromatic carbocycles. The van der Waals surface area contributed by atoms with Crippen molar-refractivity contribution < 1.29 is 33.9 Å². The van der Waals surface area contributed by atoms with Crippen LogP contribution in [0, 0.1) is 0 Å². The van der Waals surface area contributed by atoms with Gasteiger partial charge in [-0.25, -0.2) is 0 Å². The minimum absolute atomic E-state index is 0.0198. The summed E-state index contributed by atoms with van der Waals surface area (Å²) in [6, 6.07) is 3.40. The first-order valence-electron chi connectivity index (χ1n) is 9.66. The van der Waals surface area contributed by atoms with E-state index in [1.54, 1.807) is 0 Å². The number of imide groups is 2. The standard InChI is InChI=1S/C20H21N3O7/c24-14(7-2-1-3-8-16(26)27)21-12-6-4-5-11-17(12)20(30)23(19(11)29)13-9-10-15(25)22-18(13)28/h4-6,13H,1-3,7-10H2,(H,21,24)(H,26,27)(H,22,25,28). The molecule has 0 bridgehead atoms. The number of carbonyl (C=O) groups excluding carboxylic acids is 5. The van der Waals surface area contributed by atoms with Crippen LogP contribution < -0.4 is 10.6 Å². The van der Waals surface area contributed by atoms with Crippen LogP contribution in [0.2, 0.25) is 0 Å². The minimum Gasteiger partial charge on any atom is -0.481 e. The molecule has 0 radical (unpaired) electrons. The number of nitrogens with one attached hydrogen (secondary N) is 2. The molecular weight excluding hydrogens is 394 g/mol. The zero-order chi connectivity index (χ0) is 21.8. The van der Waals surface area contributed by atoms with Crippen molar-refractivity contribution >= 4 is 41.2 Å². The number of hydrogen-bond donors (Lipinski definition) is 3. The summed E-state index contributed by atoms with van der Waals surface area (Å²) in [6.07, 6.45) is 1.79. The van der Waals surface area contributed by atoms with E-state index in [4.69, 9.17) is 5.11 Å². The van der Waals surface area contributed by atoms with Crippen LogP contribution in [0.4, 0.5) is 5.69 Å². The summed E-state index contributed by atoms with van der Waals surface area (Å²) in [5, 5.41) is 13.4. The summed E-state index contributed by atoms with van der Waals surface area (Å²) in [5.74, 6) is -3.74.